The molecule has 2 amide bonds. The third-order valence-corrected chi connectivity index (χ3v) is 5.94. The van der Waals surface area contributed by atoms with Crippen molar-refractivity contribution in [2.75, 3.05) is 7.05 Å². The van der Waals surface area contributed by atoms with Gasteiger partial charge in [0.05, 0.1) is 21.6 Å². The van der Waals surface area contributed by atoms with Crippen LogP contribution in [0.3, 0.4) is 0 Å². The number of carbonyl (C=O) groups excluding carboxylic acids is 2. The van der Waals surface area contributed by atoms with E-state index in [9.17, 15) is 9.59 Å². The van der Waals surface area contributed by atoms with Crippen LogP contribution < -0.4 is 5.32 Å². The van der Waals surface area contributed by atoms with Crippen molar-refractivity contribution >= 4 is 44.7 Å². The molecule has 2 aromatic heterocycles. The molecule has 7 heteroatoms. The molecule has 0 aliphatic heterocycles. The fourth-order valence-corrected chi connectivity index (χ4v) is 4.29. The zero-order valence-corrected chi connectivity index (χ0v) is 16.6. The number of aromatic nitrogens is 1. The van der Waals surface area contributed by atoms with Gasteiger partial charge in [0.15, 0.2) is 0 Å². The van der Waals surface area contributed by atoms with Crippen molar-refractivity contribution in [3.05, 3.63) is 51.7 Å². The first-order chi connectivity index (χ1) is 12.5. The van der Waals surface area contributed by atoms with E-state index in [4.69, 9.17) is 0 Å². The zero-order chi connectivity index (χ0) is 18.7. The summed E-state index contributed by atoms with van der Waals surface area (Å²) in [6.07, 6.45) is 0. The molecule has 3 aromatic rings. The summed E-state index contributed by atoms with van der Waals surface area (Å²) in [4.78, 5) is 32.1. The molecule has 26 heavy (non-hydrogen) atoms. The second kappa shape index (κ2) is 7.97. The molecule has 0 saturated carbocycles. The number of rotatable bonds is 6. The van der Waals surface area contributed by atoms with Gasteiger partial charge in [-0.25, -0.2) is 4.98 Å². The minimum absolute atomic E-state index is 0.00997. The molecule has 3 rings (SSSR count). The van der Waals surface area contributed by atoms with Crippen LogP contribution in [0, 0.1) is 5.92 Å². The van der Waals surface area contributed by atoms with Gasteiger partial charge in [0.2, 0.25) is 5.91 Å². The van der Waals surface area contributed by atoms with Crippen molar-refractivity contribution < 1.29 is 9.59 Å². The summed E-state index contributed by atoms with van der Waals surface area (Å²) in [6.45, 7) is 4.29. The smallest absolute Gasteiger partial charge is 0.262 e. The summed E-state index contributed by atoms with van der Waals surface area (Å²) >= 11 is 2.95. The van der Waals surface area contributed by atoms with E-state index in [1.165, 1.54) is 11.3 Å². The fraction of sp³-hybridized carbons (Fsp3) is 0.316. The number of amides is 2. The lowest BCUT2D eigenvalue weighted by Crippen LogP contribution is -2.49. The summed E-state index contributed by atoms with van der Waals surface area (Å²) in [5.74, 6) is -0.325. The van der Waals surface area contributed by atoms with E-state index in [0.717, 1.165) is 15.2 Å². The summed E-state index contributed by atoms with van der Waals surface area (Å²) in [6, 6.07) is 10.9. The first kappa shape index (κ1) is 18.5. The highest BCUT2D eigenvalue weighted by Gasteiger charge is 2.28. The lowest BCUT2D eigenvalue weighted by molar-refractivity contribution is -0.133. The maximum absolute atomic E-state index is 12.9. The predicted octanol–water partition coefficient (Wildman–Crippen LogP) is 3.77. The molecule has 0 aliphatic rings. The third-order valence-electron chi connectivity index (χ3n) is 4.05. The number of benzene rings is 1. The van der Waals surface area contributed by atoms with Gasteiger partial charge in [-0.3, -0.25) is 9.59 Å². The summed E-state index contributed by atoms with van der Waals surface area (Å²) in [5, 5.41) is 5.61. The van der Waals surface area contributed by atoms with Crippen LogP contribution in [-0.2, 0) is 11.3 Å². The van der Waals surface area contributed by atoms with Crippen molar-refractivity contribution in [3.63, 3.8) is 0 Å². The van der Waals surface area contributed by atoms with Crippen LogP contribution in [0.25, 0.3) is 10.2 Å². The first-order valence-corrected chi connectivity index (χ1v) is 10.1. The van der Waals surface area contributed by atoms with Crippen molar-refractivity contribution in [1.29, 1.82) is 0 Å². The summed E-state index contributed by atoms with van der Waals surface area (Å²) in [7, 11) is 1.75. The number of nitrogens with zero attached hydrogens (tertiary/aromatic N) is 2. The Morgan fingerprint density at radius 3 is 2.62 bits per heavy atom. The van der Waals surface area contributed by atoms with E-state index in [-0.39, 0.29) is 17.7 Å². The third kappa shape index (κ3) is 4.11. The quantitative estimate of drug-likeness (QED) is 0.700. The lowest BCUT2D eigenvalue weighted by Gasteiger charge is -2.26. The molecule has 0 bridgehead atoms. The van der Waals surface area contributed by atoms with Gasteiger partial charge >= 0.3 is 0 Å². The Morgan fingerprint density at radius 2 is 1.96 bits per heavy atom. The molecular weight excluding hydrogens is 366 g/mol. The molecule has 136 valence electrons. The van der Waals surface area contributed by atoms with Crippen molar-refractivity contribution in [1.82, 2.24) is 15.2 Å². The standard InChI is InChI=1S/C19H21N3O2S2/c1-12(2)17(21-18(23)15-9-6-10-25-15)19(24)22(3)11-16-20-13-7-4-5-8-14(13)26-16/h4-10,12,17H,11H2,1-3H3,(H,21,23)/t17-/m1/s1. The van der Waals surface area contributed by atoms with Gasteiger partial charge in [0.1, 0.15) is 11.0 Å². The minimum Gasteiger partial charge on any atom is -0.339 e. The molecule has 0 spiro atoms. The first-order valence-electron chi connectivity index (χ1n) is 8.39. The SMILES string of the molecule is CC(C)[C@@H](NC(=O)c1cccs1)C(=O)N(C)Cc1nc2ccccc2s1. The molecular formula is C19H21N3O2S2. The number of likely N-dealkylation sites (N-methyl/N-ethyl adjacent to an activating group) is 1. The van der Waals surface area contributed by atoms with Gasteiger partial charge in [-0.15, -0.1) is 22.7 Å². The molecule has 0 fully saturated rings. The van der Waals surface area contributed by atoms with Crippen LogP contribution in [0.5, 0.6) is 0 Å². The van der Waals surface area contributed by atoms with E-state index in [1.54, 1.807) is 29.4 Å². The Bertz CT molecular complexity index is 870. The van der Waals surface area contributed by atoms with Crippen LogP contribution in [0.4, 0.5) is 0 Å². The highest BCUT2D eigenvalue weighted by Crippen LogP contribution is 2.22. The van der Waals surface area contributed by atoms with Gasteiger partial charge < -0.3 is 10.2 Å². The monoisotopic (exact) mass is 387 g/mol. The Balaban J connectivity index is 1.70. The van der Waals surface area contributed by atoms with Crippen molar-refractivity contribution in [2.24, 2.45) is 5.92 Å². The van der Waals surface area contributed by atoms with Gasteiger partial charge in [-0.2, -0.15) is 0 Å². The number of fused-ring (bicyclic) bond motifs is 1. The molecule has 0 unspecified atom stereocenters. The van der Waals surface area contributed by atoms with Gasteiger partial charge in [-0.05, 0) is 29.5 Å². The molecule has 1 atom stereocenters. The largest absolute Gasteiger partial charge is 0.339 e. The summed E-state index contributed by atoms with van der Waals surface area (Å²) in [5.41, 5.74) is 0.944. The number of hydrogen-bond donors (Lipinski definition) is 1. The molecule has 1 aromatic carbocycles. The van der Waals surface area contributed by atoms with Crippen LogP contribution >= 0.6 is 22.7 Å². The molecule has 0 saturated heterocycles. The molecule has 5 nitrogen and oxygen atoms in total. The Labute approximate surface area is 160 Å². The highest BCUT2D eigenvalue weighted by atomic mass is 32.1. The van der Waals surface area contributed by atoms with Crippen LogP contribution in [0.2, 0.25) is 0 Å². The molecule has 0 radical (unpaired) electrons. The van der Waals surface area contributed by atoms with Gasteiger partial charge in [-0.1, -0.05) is 32.0 Å². The Morgan fingerprint density at radius 1 is 1.19 bits per heavy atom. The average molecular weight is 388 g/mol. The molecule has 1 N–H and O–H groups in total. The van der Waals surface area contributed by atoms with Crippen molar-refractivity contribution in [2.45, 2.75) is 26.4 Å². The Kier molecular flexibility index (Phi) is 5.68. The van der Waals surface area contributed by atoms with Crippen molar-refractivity contribution in [3.8, 4) is 0 Å². The number of carbonyl (C=O) groups is 2. The van der Waals surface area contributed by atoms with E-state index in [1.807, 2.05) is 49.6 Å². The second-order valence-electron chi connectivity index (χ2n) is 6.44. The molecule has 2 heterocycles. The van der Waals surface area contributed by atoms with E-state index >= 15 is 0 Å². The van der Waals surface area contributed by atoms with Gasteiger partial charge in [0, 0.05) is 7.05 Å². The van der Waals surface area contributed by atoms with Gasteiger partial charge in [0.25, 0.3) is 5.91 Å². The maximum atomic E-state index is 12.9. The maximum Gasteiger partial charge on any atom is 0.262 e. The lowest BCUT2D eigenvalue weighted by atomic mass is 10.0. The zero-order valence-electron chi connectivity index (χ0n) is 14.9. The van der Waals surface area contributed by atoms with E-state index in [0.29, 0.717) is 11.4 Å². The average Bonchev–Trinajstić information content (AvgIpc) is 3.27. The topological polar surface area (TPSA) is 62.3 Å². The van der Waals surface area contributed by atoms with Crippen LogP contribution in [0.1, 0.15) is 28.5 Å². The van der Waals surface area contributed by atoms with E-state index < -0.39 is 6.04 Å². The number of thiazole rings is 1. The Hall–Kier alpha value is -2.25. The summed E-state index contributed by atoms with van der Waals surface area (Å²) < 4.78 is 1.11. The molecule has 0 aliphatic carbocycles. The predicted molar refractivity (Wildman–Crippen MR) is 107 cm³/mol. The van der Waals surface area contributed by atoms with E-state index in [2.05, 4.69) is 10.3 Å². The number of nitrogens with one attached hydrogen (secondary N) is 1. The fourth-order valence-electron chi connectivity index (χ4n) is 2.64. The second-order valence-corrected chi connectivity index (χ2v) is 8.50. The highest BCUT2D eigenvalue weighted by molar-refractivity contribution is 7.18. The van der Waals surface area contributed by atoms with Crippen LogP contribution in [-0.4, -0.2) is 34.8 Å². The normalized spacial score (nSPS) is 12.3. The number of hydrogen-bond acceptors (Lipinski definition) is 5. The minimum atomic E-state index is -0.566. The number of para-hydroxylation sites is 1. The van der Waals surface area contributed by atoms with Crippen LogP contribution in [0.15, 0.2) is 41.8 Å². The number of thiophene rings is 1.